The summed E-state index contributed by atoms with van der Waals surface area (Å²) in [6.45, 7) is 2.08. The molecule has 0 fully saturated rings. The molecule has 0 bridgehead atoms. The third kappa shape index (κ3) is 2.60. The molecule has 0 atom stereocenters. The highest BCUT2D eigenvalue weighted by molar-refractivity contribution is 5.74. The Hall–Kier alpha value is -2.29. The van der Waals surface area contributed by atoms with E-state index < -0.39 is 0 Å². The molecule has 3 rings (SSSR count). The fourth-order valence-corrected chi connectivity index (χ4v) is 2.07. The number of aromatic hydroxyl groups is 1. The number of aryl methyl sites for hydroxylation is 3. The van der Waals surface area contributed by atoms with Gasteiger partial charge in [-0.2, -0.15) is 0 Å². The van der Waals surface area contributed by atoms with Crippen molar-refractivity contribution in [2.45, 2.75) is 19.8 Å². The van der Waals surface area contributed by atoms with E-state index in [-0.39, 0.29) is 5.75 Å². The predicted molar refractivity (Wildman–Crippen MR) is 74.3 cm³/mol. The van der Waals surface area contributed by atoms with Gasteiger partial charge < -0.3 is 9.52 Å². The summed E-state index contributed by atoms with van der Waals surface area (Å²) in [5.74, 6) is 0.912. The van der Waals surface area contributed by atoms with E-state index in [0.717, 1.165) is 18.4 Å². The Labute approximate surface area is 111 Å². The third-order valence-electron chi connectivity index (χ3n) is 3.16. The summed E-state index contributed by atoms with van der Waals surface area (Å²) >= 11 is 0. The molecule has 19 heavy (non-hydrogen) atoms. The summed E-state index contributed by atoms with van der Waals surface area (Å²) in [5, 5.41) is 9.39. The molecule has 96 valence electrons. The van der Waals surface area contributed by atoms with Gasteiger partial charge in [-0.15, -0.1) is 0 Å². The largest absolute Gasteiger partial charge is 0.508 e. The van der Waals surface area contributed by atoms with Gasteiger partial charge in [-0.25, -0.2) is 4.98 Å². The number of benzene rings is 2. The van der Waals surface area contributed by atoms with Crippen LogP contribution in [-0.2, 0) is 12.8 Å². The fraction of sp³-hybridized carbons (Fsp3) is 0.188. The van der Waals surface area contributed by atoms with Crippen LogP contribution in [0.3, 0.4) is 0 Å². The first-order valence-electron chi connectivity index (χ1n) is 6.35. The number of fused-ring (bicyclic) bond motifs is 1. The second-order valence-corrected chi connectivity index (χ2v) is 4.75. The van der Waals surface area contributed by atoms with Crippen molar-refractivity contribution in [2.24, 2.45) is 0 Å². The molecule has 0 unspecified atom stereocenters. The lowest BCUT2D eigenvalue weighted by Crippen LogP contribution is -1.91. The summed E-state index contributed by atoms with van der Waals surface area (Å²) in [6.07, 6.45) is 1.66. The van der Waals surface area contributed by atoms with Crippen LogP contribution in [-0.4, -0.2) is 10.1 Å². The van der Waals surface area contributed by atoms with Crippen molar-refractivity contribution < 1.29 is 9.52 Å². The van der Waals surface area contributed by atoms with Crippen molar-refractivity contribution in [1.29, 1.82) is 0 Å². The highest BCUT2D eigenvalue weighted by atomic mass is 16.3. The van der Waals surface area contributed by atoms with E-state index in [9.17, 15) is 5.11 Å². The number of nitrogens with zero attached hydrogens (tertiary/aromatic N) is 1. The molecule has 1 N–H and O–H groups in total. The van der Waals surface area contributed by atoms with E-state index >= 15 is 0 Å². The first kappa shape index (κ1) is 11.8. The lowest BCUT2D eigenvalue weighted by Gasteiger charge is -1.99. The summed E-state index contributed by atoms with van der Waals surface area (Å²) < 4.78 is 5.62. The fourth-order valence-electron chi connectivity index (χ4n) is 2.07. The van der Waals surface area contributed by atoms with Gasteiger partial charge in [-0.3, -0.25) is 0 Å². The van der Waals surface area contributed by atoms with E-state index in [1.807, 2.05) is 0 Å². The molecule has 0 spiro atoms. The number of phenolic OH excluding ortho intramolecular Hbond substituents is 1. The van der Waals surface area contributed by atoms with Gasteiger partial charge in [0.25, 0.3) is 0 Å². The van der Waals surface area contributed by atoms with E-state index in [1.165, 1.54) is 11.1 Å². The molecule has 0 radical (unpaired) electrons. The monoisotopic (exact) mass is 253 g/mol. The molecular weight excluding hydrogens is 238 g/mol. The quantitative estimate of drug-likeness (QED) is 0.775. The predicted octanol–water partition coefficient (Wildman–Crippen LogP) is 3.63. The average molecular weight is 253 g/mol. The molecule has 0 saturated carbocycles. The van der Waals surface area contributed by atoms with Crippen LogP contribution in [0.5, 0.6) is 5.75 Å². The summed E-state index contributed by atoms with van der Waals surface area (Å²) in [6, 6.07) is 13.5. The minimum absolute atomic E-state index is 0.203. The second kappa shape index (κ2) is 4.76. The molecule has 1 aromatic heterocycles. The third-order valence-corrected chi connectivity index (χ3v) is 3.16. The minimum atomic E-state index is 0.203. The maximum atomic E-state index is 9.39. The molecule has 0 aliphatic heterocycles. The lowest BCUT2D eigenvalue weighted by molar-refractivity contribution is 0.473. The second-order valence-electron chi connectivity index (χ2n) is 4.75. The van der Waals surface area contributed by atoms with Crippen LogP contribution < -0.4 is 0 Å². The molecule has 3 aromatic rings. The topological polar surface area (TPSA) is 46.3 Å². The molecule has 3 heteroatoms. The molecule has 0 aliphatic rings. The Morgan fingerprint density at radius 2 is 1.84 bits per heavy atom. The van der Waals surface area contributed by atoms with Crippen LogP contribution in [0.2, 0.25) is 0 Å². The van der Waals surface area contributed by atoms with Gasteiger partial charge in [0.05, 0.1) is 0 Å². The van der Waals surface area contributed by atoms with Crippen LogP contribution in [0.4, 0.5) is 0 Å². The van der Waals surface area contributed by atoms with Gasteiger partial charge in [0, 0.05) is 12.5 Å². The molecule has 1 heterocycles. The summed E-state index contributed by atoms with van der Waals surface area (Å²) in [5.41, 5.74) is 3.97. The number of oxazole rings is 1. The van der Waals surface area contributed by atoms with Crippen molar-refractivity contribution in [3.05, 3.63) is 59.5 Å². The number of hydrogen-bond donors (Lipinski definition) is 1. The first-order chi connectivity index (χ1) is 9.20. The molecule has 0 aliphatic carbocycles. The van der Waals surface area contributed by atoms with Crippen LogP contribution in [0.25, 0.3) is 11.1 Å². The average Bonchev–Trinajstić information content (AvgIpc) is 2.80. The van der Waals surface area contributed by atoms with Gasteiger partial charge in [-0.05, 0) is 31.0 Å². The van der Waals surface area contributed by atoms with Crippen molar-refractivity contribution in [3.63, 3.8) is 0 Å². The van der Waals surface area contributed by atoms with Crippen molar-refractivity contribution in [2.75, 3.05) is 0 Å². The van der Waals surface area contributed by atoms with Gasteiger partial charge >= 0.3 is 0 Å². The molecule has 0 amide bonds. The van der Waals surface area contributed by atoms with Crippen LogP contribution in [0, 0.1) is 6.92 Å². The smallest absolute Gasteiger partial charge is 0.195 e. The van der Waals surface area contributed by atoms with E-state index in [4.69, 9.17) is 4.42 Å². The maximum absolute atomic E-state index is 9.39. The SMILES string of the molecule is Cc1ccc(CCc2nc3ccc(O)cc3o2)cc1. The lowest BCUT2D eigenvalue weighted by atomic mass is 10.1. The van der Waals surface area contributed by atoms with Gasteiger partial charge in [-0.1, -0.05) is 29.8 Å². The number of hydrogen-bond acceptors (Lipinski definition) is 3. The van der Waals surface area contributed by atoms with Crippen LogP contribution in [0.15, 0.2) is 46.9 Å². The molecular formula is C16H15NO2. The van der Waals surface area contributed by atoms with Crippen molar-refractivity contribution in [3.8, 4) is 5.75 Å². The Kier molecular flexibility index (Phi) is 2.95. The summed E-state index contributed by atoms with van der Waals surface area (Å²) in [7, 11) is 0. The highest BCUT2D eigenvalue weighted by Gasteiger charge is 2.06. The van der Waals surface area contributed by atoms with E-state index in [1.54, 1.807) is 18.2 Å². The first-order valence-corrected chi connectivity index (χ1v) is 6.35. The van der Waals surface area contributed by atoms with Crippen molar-refractivity contribution >= 4 is 11.1 Å². The zero-order valence-corrected chi connectivity index (χ0v) is 10.8. The van der Waals surface area contributed by atoms with E-state index in [2.05, 4.69) is 36.2 Å². The number of aromatic nitrogens is 1. The number of phenols is 1. The summed E-state index contributed by atoms with van der Waals surface area (Å²) in [4.78, 5) is 4.41. The van der Waals surface area contributed by atoms with Crippen molar-refractivity contribution in [1.82, 2.24) is 4.98 Å². The Morgan fingerprint density at radius 3 is 2.63 bits per heavy atom. The van der Waals surface area contributed by atoms with Gasteiger partial charge in [0.2, 0.25) is 0 Å². The van der Waals surface area contributed by atoms with Crippen LogP contribution in [0.1, 0.15) is 17.0 Å². The Morgan fingerprint density at radius 1 is 1.05 bits per heavy atom. The van der Waals surface area contributed by atoms with Gasteiger partial charge in [0.1, 0.15) is 11.3 Å². The maximum Gasteiger partial charge on any atom is 0.195 e. The van der Waals surface area contributed by atoms with Crippen LogP contribution >= 0.6 is 0 Å². The Bertz CT molecular complexity index is 698. The van der Waals surface area contributed by atoms with E-state index in [0.29, 0.717) is 11.5 Å². The molecule has 2 aromatic carbocycles. The van der Waals surface area contributed by atoms with Gasteiger partial charge in [0.15, 0.2) is 11.5 Å². The molecule has 0 saturated heterocycles. The highest BCUT2D eigenvalue weighted by Crippen LogP contribution is 2.21. The minimum Gasteiger partial charge on any atom is -0.508 e. The number of rotatable bonds is 3. The standard InChI is InChI=1S/C16H15NO2/c1-11-2-4-12(5-3-11)6-9-16-17-14-8-7-13(18)10-15(14)19-16/h2-5,7-8,10,18H,6,9H2,1H3. The molecule has 3 nitrogen and oxygen atoms in total. The zero-order valence-electron chi connectivity index (χ0n) is 10.8. The Balaban J connectivity index is 1.76. The normalized spacial score (nSPS) is 11.0. The zero-order chi connectivity index (χ0) is 13.2.